The Labute approximate surface area is 158 Å². The van der Waals surface area contributed by atoms with Gasteiger partial charge in [-0.1, -0.05) is 23.2 Å². The summed E-state index contributed by atoms with van der Waals surface area (Å²) in [6, 6.07) is 15.0. The van der Waals surface area contributed by atoms with E-state index in [9.17, 15) is 4.79 Å². The van der Waals surface area contributed by atoms with E-state index in [1.807, 2.05) is 50.2 Å². The molecular formula is C21H21ClN2O2. The first-order valence-corrected chi connectivity index (χ1v) is 8.83. The van der Waals surface area contributed by atoms with E-state index in [-0.39, 0.29) is 5.91 Å². The van der Waals surface area contributed by atoms with Crippen LogP contribution in [0.3, 0.4) is 0 Å². The van der Waals surface area contributed by atoms with Crippen molar-refractivity contribution in [2.75, 3.05) is 20.2 Å². The number of amides is 1. The SMILES string of the molecule is Cc1ccc2nc(C)cc(C(=O)N(C)CCOc3ccc(Cl)cc3)c2c1. The molecule has 26 heavy (non-hydrogen) atoms. The summed E-state index contributed by atoms with van der Waals surface area (Å²) in [5, 5.41) is 1.55. The molecule has 0 fully saturated rings. The van der Waals surface area contributed by atoms with Crippen molar-refractivity contribution in [1.29, 1.82) is 0 Å². The largest absolute Gasteiger partial charge is 0.492 e. The summed E-state index contributed by atoms with van der Waals surface area (Å²) in [4.78, 5) is 19.1. The highest BCUT2D eigenvalue weighted by Gasteiger charge is 2.16. The van der Waals surface area contributed by atoms with Crippen LogP contribution in [0.5, 0.6) is 5.75 Å². The molecule has 2 aromatic carbocycles. The van der Waals surface area contributed by atoms with Crippen LogP contribution in [0.4, 0.5) is 0 Å². The van der Waals surface area contributed by atoms with E-state index in [1.54, 1.807) is 24.1 Å². The Morgan fingerprint density at radius 3 is 2.58 bits per heavy atom. The fourth-order valence-electron chi connectivity index (χ4n) is 2.79. The number of likely N-dealkylation sites (N-methyl/N-ethyl adjacent to an activating group) is 1. The molecule has 3 rings (SSSR count). The van der Waals surface area contributed by atoms with E-state index >= 15 is 0 Å². The summed E-state index contributed by atoms with van der Waals surface area (Å²) in [5.74, 6) is 0.696. The maximum absolute atomic E-state index is 12.9. The zero-order valence-corrected chi connectivity index (χ0v) is 15.9. The Balaban J connectivity index is 1.73. The number of pyridine rings is 1. The minimum absolute atomic E-state index is 0.0363. The Morgan fingerprint density at radius 2 is 1.85 bits per heavy atom. The van der Waals surface area contributed by atoms with Crippen LogP contribution in [0.2, 0.25) is 5.02 Å². The fourth-order valence-corrected chi connectivity index (χ4v) is 2.91. The third kappa shape index (κ3) is 4.14. The minimum Gasteiger partial charge on any atom is -0.492 e. The number of halogens is 1. The van der Waals surface area contributed by atoms with Crippen molar-refractivity contribution in [1.82, 2.24) is 9.88 Å². The molecule has 0 saturated heterocycles. The number of nitrogens with zero attached hydrogens (tertiary/aromatic N) is 2. The summed E-state index contributed by atoms with van der Waals surface area (Å²) in [6.07, 6.45) is 0. The van der Waals surface area contributed by atoms with Gasteiger partial charge in [-0.25, -0.2) is 0 Å². The second kappa shape index (κ2) is 7.75. The molecule has 0 spiro atoms. The van der Waals surface area contributed by atoms with Crippen molar-refractivity contribution in [3.63, 3.8) is 0 Å². The third-order valence-corrected chi connectivity index (χ3v) is 4.43. The number of carbonyl (C=O) groups is 1. The van der Waals surface area contributed by atoms with Crippen LogP contribution in [0.1, 0.15) is 21.6 Å². The number of aromatic nitrogens is 1. The van der Waals surface area contributed by atoms with Gasteiger partial charge in [-0.05, 0) is 56.3 Å². The topological polar surface area (TPSA) is 42.4 Å². The number of benzene rings is 2. The Kier molecular flexibility index (Phi) is 5.43. The number of fused-ring (bicyclic) bond motifs is 1. The van der Waals surface area contributed by atoms with Crippen LogP contribution in [0.15, 0.2) is 48.5 Å². The standard InChI is InChI=1S/C21H21ClN2O2/c1-14-4-9-20-18(12-14)19(13-15(2)23-20)21(25)24(3)10-11-26-17-7-5-16(22)6-8-17/h4-9,12-13H,10-11H2,1-3H3. The lowest BCUT2D eigenvalue weighted by Crippen LogP contribution is -2.31. The summed E-state index contributed by atoms with van der Waals surface area (Å²) in [6.45, 7) is 4.80. The van der Waals surface area contributed by atoms with Gasteiger partial charge in [0.1, 0.15) is 12.4 Å². The predicted octanol–water partition coefficient (Wildman–Crippen LogP) is 4.66. The molecular weight excluding hydrogens is 348 g/mol. The number of ether oxygens (including phenoxy) is 1. The zero-order chi connectivity index (χ0) is 18.7. The second-order valence-corrected chi connectivity index (χ2v) is 6.80. The highest BCUT2D eigenvalue weighted by molar-refractivity contribution is 6.30. The van der Waals surface area contributed by atoms with E-state index in [2.05, 4.69) is 4.98 Å². The summed E-state index contributed by atoms with van der Waals surface area (Å²) < 4.78 is 5.68. The van der Waals surface area contributed by atoms with Crippen molar-refractivity contribution in [2.45, 2.75) is 13.8 Å². The van der Waals surface area contributed by atoms with Crippen molar-refractivity contribution in [2.24, 2.45) is 0 Å². The van der Waals surface area contributed by atoms with Crippen molar-refractivity contribution >= 4 is 28.4 Å². The first kappa shape index (κ1) is 18.2. The average molecular weight is 369 g/mol. The van der Waals surface area contributed by atoms with Gasteiger partial charge in [-0.3, -0.25) is 9.78 Å². The van der Waals surface area contributed by atoms with Crippen LogP contribution >= 0.6 is 11.6 Å². The lowest BCUT2D eigenvalue weighted by atomic mass is 10.0. The molecule has 0 aliphatic rings. The monoisotopic (exact) mass is 368 g/mol. The first-order chi connectivity index (χ1) is 12.4. The quantitative estimate of drug-likeness (QED) is 0.658. The van der Waals surface area contributed by atoms with Crippen LogP contribution < -0.4 is 4.74 Å². The lowest BCUT2D eigenvalue weighted by Gasteiger charge is -2.19. The molecule has 0 saturated carbocycles. The summed E-state index contributed by atoms with van der Waals surface area (Å²) in [7, 11) is 1.78. The smallest absolute Gasteiger partial charge is 0.254 e. The molecule has 0 N–H and O–H groups in total. The van der Waals surface area contributed by atoms with E-state index < -0.39 is 0 Å². The predicted molar refractivity (Wildman–Crippen MR) is 105 cm³/mol. The maximum atomic E-state index is 12.9. The molecule has 134 valence electrons. The van der Waals surface area contributed by atoms with Crippen molar-refractivity contribution < 1.29 is 9.53 Å². The number of hydrogen-bond acceptors (Lipinski definition) is 3. The van der Waals surface area contributed by atoms with E-state index in [4.69, 9.17) is 16.3 Å². The molecule has 1 amide bonds. The molecule has 0 aliphatic heterocycles. The number of carbonyl (C=O) groups excluding carboxylic acids is 1. The van der Waals surface area contributed by atoms with Gasteiger partial charge in [0.25, 0.3) is 5.91 Å². The van der Waals surface area contributed by atoms with Crippen molar-refractivity contribution in [3.8, 4) is 5.75 Å². The molecule has 0 radical (unpaired) electrons. The summed E-state index contributed by atoms with van der Waals surface area (Å²) in [5.41, 5.74) is 3.44. The van der Waals surface area contributed by atoms with Gasteiger partial charge in [0.05, 0.1) is 17.6 Å². The van der Waals surface area contributed by atoms with Gasteiger partial charge in [-0.2, -0.15) is 0 Å². The Hall–Kier alpha value is -2.59. The number of hydrogen-bond donors (Lipinski definition) is 0. The van der Waals surface area contributed by atoms with Gasteiger partial charge in [0, 0.05) is 23.2 Å². The van der Waals surface area contributed by atoms with Crippen LogP contribution in [-0.4, -0.2) is 36.0 Å². The van der Waals surface area contributed by atoms with E-state index in [0.717, 1.165) is 27.9 Å². The van der Waals surface area contributed by atoms with Crippen LogP contribution in [0, 0.1) is 13.8 Å². The van der Waals surface area contributed by atoms with Gasteiger partial charge < -0.3 is 9.64 Å². The molecule has 1 heterocycles. The second-order valence-electron chi connectivity index (χ2n) is 6.36. The molecule has 0 atom stereocenters. The van der Waals surface area contributed by atoms with Gasteiger partial charge in [0.15, 0.2) is 0 Å². The number of rotatable bonds is 5. The van der Waals surface area contributed by atoms with E-state index in [1.165, 1.54) is 0 Å². The molecule has 3 aromatic rings. The van der Waals surface area contributed by atoms with Crippen molar-refractivity contribution in [3.05, 3.63) is 70.4 Å². The highest BCUT2D eigenvalue weighted by Crippen LogP contribution is 2.21. The average Bonchev–Trinajstić information content (AvgIpc) is 2.62. The lowest BCUT2D eigenvalue weighted by molar-refractivity contribution is 0.0775. The molecule has 0 unspecified atom stereocenters. The van der Waals surface area contributed by atoms with Crippen LogP contribution in [0.25, 0.3) is 10.9 Å². The maximum Gasteiger partial charge on any atom is 0.254 e. The highest BCUT2D eigenvalue weighted by atomic mass is 35.5. The van der Waals surface area contributed by atoms with Gasteiger partial charge >= 0.3 is 0 Å². The molecule has 4 nitrogen and oxygen atoms in total. The normalized spacial score (nSPS) is 10.8. The van der Waals surface area contributed by atoms with Crippen LogP contribution in [-0.2, 0) is 0 Å². The third-order valence-electron chi connectivity index (χ3n) is 4.18. The fraction of sp³-hybridized carbons (Fsp3) is 0.238. The molecule has 1 aromatic heterocycles. The molecule has 5 heteroatoms. The van der Waals surface area contributed by atoms with Gasteiger partial charge in [-0.15, -0.1) is 0 Å². The Bertz CT molecular complexity index is 939. The Morgan fingerprint density at radius 1 is 1.12 bits per heavy atom. The summed E-state index contributed by atoms with van der Waals surface area (Å²) >= 11 is 5.86. The molecule has 0 aliphatic carbocycles. The van der Waals surface area contributed by atoms with E-state index in [0.29, 0.717) is 23.7 Å². The van der Waals surface area contributed by atoms with Gasteiger partial charge in [0.2, 0.25) is 0 Å². The zero-order valence-electron chi connectivity index (χ0n) is 15.1. The molecule has 0 bridgehead atoms. The number of aryl methyl sites for hydroxylation is 2. The minimum atomic E-state index is -0.0363. The first-order valence-electron chi connectivity index (χ1n) is 8.46.